The van der Waals surface area contributed by atoms with E-state index in [1.54, 1.807) is 0 Å². The fraction of sp³-hybridized carbons (Fsp3) is 0.312. The summed E-state index contributed by atoms with van der Waals surface area (Å²) in [5, 5.41) is 10.5. The van der Waals surface area contributed by atoms with Gasteiger partial charge in [0.1, 0.15) is 0 Å². The summed E-state index contributed by atoms with van der Waals surface area (Å²) >= 11 is 0. The Morgan fingerprint density at radius 3 is 2.57 bits per heavy atom. The van der Waals surface area contributed by atoms with E-state index < -0.39 is 17.4 Å². The Morgan fingerprint density at radius 1 is 1.17 bits per heavy atom. The highest BCUT2D eigenvalue weighted by Crippen LogP contribution is 2.43. The number of alkyl halides is 3. The van der Waals surface area contributed by atoms with E-state index in [1.165, 1.54) is 16.7 Å². The van der Waals surface area contributed by atoms with E-state index in [-0.39, 0.29) is 23.5 Å². The molecular weight excluding hydrogens is 309 g/mol. The molecule has 1 aliphatic carbocycles. The van der Waals surface area contributed by atoms with E-state index in [2.05, 4.69) is 0 Å². The van der Waals surface area contributed by atoms with Crippen LogP contribution in [0.1, 0.15) is 36.1 Å². The molecule has 23 heavy (non-hydrogen) atoms. The minimum Gasteiger partial charge on any atom is -0.493 e. The summed E-state index contributed by atoms with van der Waals surface area (Å²) < 4.78 is 41.1. The summed E-state index contributed by atoms with van der Waals surface area (Å²) in [5.74, 6) is -0.340. The number of nitrogens with zero attached hydrogens (tertiary/aromatic N) is 2. The molecule has 1 aromatic carbocycles. The molecule has 0 saturated heterocycles. The SMILES string of the molecule is O=c1n(-c2cccc(C(F)(F)F)c2)c(O)c2n1C1C=CC2CC1. The lowest BCUT2D eigenvalue weighted by Crippen LogP contribution is -2.32. The van der Waals surface area contributed by atoms with E-state index >= 15 is 0 Å². The van der Waals surface area contributed by atoms with Crippen LogP contribution in [-0.4, -0.2) is 14.2 Å². The molecule has 0 fully saturated rings. The van der Waals surface area contributed by atoms with Gasteiger partial charge in [-0.3, -0.25) is 4.57 Å². The third-order valence-electron chi connectivity index (χ3n) is 4.55. The summed E-state index contributed by atoms with van der Waals surface area (Å²) in [5.41, 5.74) is -0.850. The van der Waals surface area contributed by atoms with Crippen LogP contribution in [0, 0.1) is 0 Å². The molecule has 7 heteroatoms. The average Bonchev–Trinajstić information content (AvgIpc) is 2.81. The third-order valence-corrected chi connectivity index (χ3v) is 4.55. The number of aromatic hydroxyl groups is 1. The van der Waals surface area contributed by atoms with E-state index in [1.807, 2.05) is 12.2 Å². The van der Waals surface area contributed by atoms with Crippen LogP contribution < -0.4 is 5.69 Å². The Labute approximate surface area is 129 Å². The van der Waals surface area contributed by atoms with Gasteiger partial charge in [0, 0.05) is 5.92 Å². The van der Waals surface area contributed by atoms with Crippen LogP contribution in [0.2, 0.25) is 0 Å². The zero-order valence-electron chi connectivity index (χ0n) is 11.9. The van der Waals surface area contributed by atoms with Crippen molar-refractivity contribution in [3.8, 4) is 11.6 Å². The molecule has 0 saturated carbocycles. The summed E-state index contributed by atoms with van der Waals surface area (Å²) in [7, 11) is 0. The van der Waals surface area contributed by atoms with Crippen molar-refractivity contribution in [3.63, 3.8) is 0 Å². The highest BCUT2D eigenvalue weighted by Gasteiger charge is 2.36. The highest BCUT2D eigenvalue weighted by molar-refractivity contribution is 5.44. The number of benzene rings is 1. The number of hydrogen-bond donors (Lipinski definition) is 1. The van der Waals surface area contributed by atoms with Gasteiger partial charge in [-0.1, -0.05) is 18.2 Å². The molecule has 1 aromatic heterocycles. The first kappa shape index (κ1) is 14.2. The Bertz CT molecular complexity index is 876. The van der Waals surface area contributed by atoms with Gasteiger partial charge < -0.3 is 5.11 Å². The van der Waals surface area contributed by atoms with Crippen molar-refractivity contribution in [2.45, 2.75) is 31.0 Å². The van der Waals surface area contributed by atoms with Gasteiger partial charge in [-0.2, -0.15) is 13.2 Å². The maximum absolute atomic E-state index is 12.9. The Morgan fingerprint density at radius 2 is 1.96 bits per heavy atom. The first-order valence-corrected chi connectivity index (χ1v) is 7.30. The average molecular weight is 322 g/mol. The van der Waals surface area contributed by atoms with E-state index in [0.717, 1.165) is 29.5 Å². The second-order valence-electron chi connectivity index (χ2n) is 5.88. The smallest absolute Gasteiger partial charge is 0.416 e. The van der Waals surface area contributed by atoms with E-state index in [0.29, 0.717) is 5.69 Å². The summed E-state index contributed by atoms with van der Waals surface area (Å²) in [6.45, 7) is 0. The lowest BCUT2D eigenvalue weighted by Gasteiger charge is -2.31. The molecule has 120 valence electrons. The van der Waals surface area contributed by atoms with Gasteiger partial charge in [0.2, 0.25) is 5.88 Å². The number of hydrogen-bond acceptors (Lipinski definition) is 2. The lowest BCUT2D eigenvalue weighted by atomic mass is 9.86. The molecule has 4 nitrogen and oxygen atoms in total. The predicted octanol–water partition coefficient (Wildman–Crippen LogP) is 3.35. The fourth-order valence-corrected chi connectivity index (χ4v) is 3.49. The van der Waals surface area contributed by atoms with Crippen molar-refractivity contribution in [2.24, 2.45) is 0 Å². The molecule has 0 spiro atoms. The molecule has 2 atom stereocenters. The normalized spacial score (nSPS) is 22.4. The van der Waals surface area contributed by atoms with Crippen LogP contribution in [0.3, 0.4) is 0 Å². The van der Waals surface area contributed by atoms with Crippen LogP contribution in [0.25, 0.3) is 5.69 Å². The minimum absolute atomic E-state index is 0.0172. The maximum Gasteiger partial charge on any atom is 0.416 e. The number of rotatable bonds is 1. The molecule has 0 radical (unpaired) electrons. The monoisotopic (exact) mass is 322 g/mol. The number of aromatic nitrogens is 2. The molecule has 2 aliphatic heterocycles. The number of imidazole rings is 1. The van der Waals surface area contributed by atoms with Crippen LogP contribution >= 0.6 is 0 Å². The Kier molecular flexibility index (Phi) is 2.79. The minimum atomic E-state index is -4.50. The van der Waals surface area contributed by atoms with E-state index in [4.69, 9.17) is 0 Å². The molecule has 2 aromatic rings. The molecule has 3 heterocycles. The van der Waals surface area contributed by atoms with Crippen LogP contribution in [0.15, 0.2) is 41.2 Å². The predicted molar refractivity (Wildman–Crippen MR) is 76.8 cm³/mol. The standard InChI is InChI=1S/C16H13F3N2O2/c17-16(18,19)10-2-1-3-12(8-10)21-14(22)13-9-4-6-11(7-5-9)20(13)15(21)23/h1-4,6,8-9,11,22H,5,7H2. The zero-order valence-corrected chi connectivity index (χ0v) is 11.9. The largest absolute Gasteiger partial charge is 0.493 e. The fourth-order valence-electron chi connectivity index (χ4n) is 3.49. The van der Waals surface area contributed by atoms with Crippen molar-refractivity contribution in [2.75, 3.05) is 0 Å². The maximum atomic E-state index is 12.9. The van der Waals surface area contributed by atoms with Crippen molar-refractivity contribution < 1.29 is 18.3 Å². The summed E-state index contributed by atoms with van der Waals surface area (Å²) in [6.07, 6.45) is 0.966. The number of allylic oxidation sites excluding steroid dienone is 2. The van der Waals surface area contributed by atoms with Gasteiger partial charge in [0.15, 0.2) is 0 Å². The molecule has 2 bridgehead atoms. The molecule has 3 aliphatic rings. The molecule has 0 amide bonds. The van der Waals surface area contributed by atoms with Crippen molar-refractivity contribution in [1.82, 2.24) is 9.13 Å². The quantitative estimate of drug-likeness (QED) is 0.819. The third kappa shape index (κ3) is 1.95. The van der Waals surface area contributed by atoms with Crippen LogP contribution in [0.5, 0.6) is 5.88 Å². The Hall–Kier alpha value is -2.44. The Balaban J connectivity index is 1.93. The highest BCUT2D eigenvalue weighted by atomic mass is 19.4. The number of fused-ring (bicyclic) bond motifs is 1. The molecular formula is C16H13F3N2O2. The van der Waals surface area contributed by atoms with Gasteiger partial charge in [-0.05, 0) is 31.0 Å². The van der Waals surface area contributed by atoms with Crippen molar-refractivity contribution >= 4 is 0 Å². The second kappa shape index (κ2) is 4.53. The van der Waals surface area contributed by atoms with Gasteiger partial charge in [0.25, 0.3) is 0 Å². The second-order valence-corrected chi connectivity index (χ2v) is 5.88. The van der Waals surface area contributed by atoms with Gasteiger partial charge >= 0.3 is 11.9 Å². The summed E-state index contributed by atoms with van der Waals surface area (Å²) in [4.78, 5) is 12.6. The first-order valence-electron chi connectivity index (χ1n) is 7.30. The molecule has 5 rings (SSSR count). The van der Waals surface area contributed by atoms with Gasteiger partial charge in [-0.15, -0.1) is 0 Å². The van der Waals surface area contributed by atoms with Gasteiger partial charge in [0.05, 0.1) is 23.0 Å². The van der Waals surface area contributed by atoms with Gasteiger partial charge in [-0.25, -0.2) is 9.36 Å². The number of halogens is 3. The van der Waals surface area contributed by atoms with Crippen LogP contribution in [-0.2, 0) is 6.18 Å². The first-order chi connectivity index (χ1) is 10.9. The van der Waals surface area contributed by atoms with E-state index in [9.17, 15) is 23.1 Å². The summed E-state index contributed by atoms with van der Waals surface area (Å²) in [6, 6.07) is 4.29. The topological polar surface area (TPSA) is 47.2 Å². The van der Waals surface area contributed by atoms with Crippen molar-refractivity contribution in [1.29, 1.82) is 0 Å². The zero-order chi connectivity index (χ0) is 16.4. The lowest BCUT2D eigenvalue weighted by molar-refractivity contribution is -0.137. The van der Waals surface area contributed by atoms with Crippen molar-refractivity contribution in [3.05, 3.63) is 58.2 Å². The molecule has 1 N–H and O–H groups in total. The molecule has 2 unspecified atom stereocenters. The van der Waals surface area contributed by atoms with Crippen LogP contribution in [0.4, 0.5) is 13.2 Å².